The van der Waals surface area contributed by atoms with E-state index in [1.807, 2.05) is 0 Å². The molecule has 19 heavy (non-hydrogen) atoms. The molecule has 0 aliphatic carbocycles. The molecule has 0 fully saturated rings. The molecular formula is C11H12N2O6. The molecule has 0 bridgehead atoms. The number of carbonyl (C=O) groups is 2. The Morgan fingerprint density at radius 1 is 1.47 bits per heavy atom. The van der Waals surface area contributed by atoms with Gasteiger partial charge < -0.3 is 15.2 Å². The molecule has 0 atom stereocenters. The number of amides is 1. The number of carbonyl (C=O) groups excluding carboxylic acids is 1. The summed E-state index contributed by atoms with van der Waals surface area (Å²) < 4.78 is 4.81. The van der Waals surface area contributed by atoms with Crippen LogP contribution in [-0.4, -0.2) is 35.1 Å². The summed E-state index contributed by atoms with van der Waals surface area (Å²) in [7, 11) is 0. The second-order valence-corrected chi connectivity index (χ2v) is 3.48. The molecule has 8 nitrogen and oxygen atoms in total. The SMILES string of the molecule is CCNC(=O)c1ccc([N+](=O)[O-])c(OCC(=O)O)c1. The van der Waals surface area contributed by atoms with Gasteiger partial charge in [-0.25, -0.2) is 4.79 Å². The first kappa shape index (κ1) is 14.4. The number of aliphatic carboxylic acids is 1. The molecule has 0 aliphatic heterocycles. The highest BCUT2D eigenvalue weighted by Crippen LogP contribution is 2.27. The van der Waals surface area contributed by atoms with Gasteiger partial charge in [-0.2, -0.15) is 0 Å². The van der Waals surface area contributed by atoms with Gasteiger partial charge in [-0.05, 0) is 13.0 Å². The van der Waals surface area contributed by atoms with E-state index in [1.54, 1.807) is 6.92 Å². The van der Waals surface area contributed by atoms with Gasteiger partial charge in [-0.1, -0.05) is 0 Å². The van der Waals surface area contributed by atoms with Crippen molar-refractivity contribution < 1.29 is 24.4 Å². The minimum Gasteiger partial charge on any atom is -0.479 e. The van der Waals surface area contributed by atoms with E-state index in [9.17, 15) is 19.7 Å². The lowest BCUT2D eigenvalue weighted by molar-refractivity contribution is -0.385. The number of rotatable bonds is 6. The van der Waals surface area contributed by atoms with Crippen molar-refractivity contribution in [1.82, 2.24) is 5.32 Å². The summed E-state index contributed by atoms with van der Waals surface area (Å²) in [5.41, 5.74) is -0.234. The van der Waals surface area contributed by atoms with Crippen molar-refractivity contribution >= 4 is 17.6 Å². The number of hydrogen-bond acceptors (Lipinski definition) is 5. The zero-order valence-electron chi connectivity index (χ0n) is 10.1. The van der Waals surface area contributed by atoms with Gasteiger partial charge in [0, 0.05) is 24.2 Å². The summed E-state index contributed by atoms with van der Waals surface area (Å²) in [5.74, 6) is -1.94. The topological polar surface area (TPSA) is 119 Å². The molecule has 1 aromatic carbocycles. The molecular weight excluding hydrogens is 256 g/mol. The van der Waals surface area contributed by atoms with Crippen LogP contribution in [0.5, 0.6) is 5.75 Å². The molecule has 0 heterocycles. The highest BCUT2D eigenvalue weighted by molar-refractivity contribution is 5.95. The second kappa shape index (κ2) is 6.34. The van der Waals surface area contributed by atoms with Gasteiger partial charge >= 0.3 is 11.7 Å². The number of nitrogens with one attached hydrogen (secondary N) is 1. The van der Waals surface area contributed by atoms with E-state index >= 15 is 0 Å². The predicted octanol–water partition coefficient (Wildman–Crippen LogP) is 0.808. The molecule has 102 valence electrons. The molecule has 0 aliphatic rings. The van der Waals surface area contributed by atoms with Gasteiger partial charge in [0.25, 0.3) is 5.91 Å². The van der Waals surface area contributed by atoms with Crippen LogP contribution in [-0.2, 0) is 4.79 Å². The third-order valence-electron chi connectivity index (χ3n) is 2.11. The number of benzene rings is 1. The highest BCUT2D eigenvalue weighted by Gasteiger charge is 2.18. The Morgan fingerprint density at radius 2 is 2.16 bits per heavy atom. The number of ether oxygens (including phenoxy) is 1. The Morgan fingerprint density at radius 3 is 2.68 bits per heavy atom. The van der Waals surface area contributed by atoms with Gasteiger partial charge in [0.1, 0.15) is 0 Å². The molecule has 0 saturated heterocycles. The molecule has 0 unspecified atom stereocenters. The van der Waals surface area contributed by atoms with Crippen molar-refractivity contribution in [2.24, 2.45) is 0 Å². The average molecular weight is 268 g/mol. The molecule has 2 N–H and O–H groups in total. The first-order chi connectivity index (χ1) is 8.95. The van der Waals surface area contributed by atoms with E-state index in [0.29, 0.717) is 6.54 Å². The van der Waals surface area contributed by atoms with Crippen molar-refractivity contribution in [2.75, 3.05) is 13.2 Å². The molecule has 0 spiro atoms. The predicted molar refractivity (Wildman–Crippen MR) is 64.2 cm³/mol. The van der Waals surface area contributed by atoms with E-state index in [0.717, 1.165) is 12.1 Å². The Bertz CT molecular complexity index is 514. The van der Waals surface area contributed by atoms with Gasteiger partial charge in [0.2, 0.25) is 0 Å². The van der Waals surface area contributed by atoms with Crippen LogP contribution in [0.4, 0.5) is 5.69 Å². The minimum absolute atomic E-state index is 0.160. The van der Waals surface area contributed by atoms with Crippen LogP contribution in [0.1, 0.15) is 17.3 Å². The normalized spacial score (nSPS) is 9.74. The summed E-state index contributed by atoms with van der Waals surface area (Å²) in [6, 6.07) is 3.52. The largest absolute Gasteiger partial charge is 0.479 e. The number of carboxylic acids is 1. The summed E-state index contributed by atoms with van der Waals surface area (Å²) in [6.07, 6.45) is 0. The van der Waals surface area contributed by atoms with E-state index in [1.165, 1.54) is 6.07 Å². The van der Waals surface area contributed by atoms with Crippen LogP contribution in [0.2, 0.25) is 0 Å². The number of nitro groups is 1. The number of hydrogen-bond donors (Lipinski definition) is 2. The molecule has 1 rings (SSSR count). The monoisotopic (exact) mass is 268 g/mol. The van der Waals surface area contributed by atoms with Crippen LogP contribution < -0.4 is 10.1 Å². The van der Waals surface area contributed by atoms with Crippen molar-refractivity contribution in [2.45, 2.75) is 6.92 Å². The molecule has 0 radical (unpaired) electrons. The van der Waals surface area contributed by atoms with Gasteiger partial charge in [-0.3, -0.25) is 14.9 Å². The van der Waals surface area contributed by atoms with E-state index in [-0.39, 0.29) is 11.3 Å². The van der Waals surface area contributed by atoms with Crippen LogP contribution in [0.15, 0.2) is 18.2 Å². The average Bonchev–Trinajstić information content (AvgIpc) is 2.36. The van der Waals surface area contributed by atoms with Crippen LogP contribution >= 0.6 is 0 Å². The first-order valence-corrected chi connectivity index (χ1v) is 5.37. The maximum Gasteiger partial charge on any atom is 0.341 e. The summed E-state index contributed by atoms with van der Waals surface area (Å²) >= 11 is 0. The van der Waals surface area contributed by atoms with Crippen molar-refractivity contribution in [3.63, 3.8) is 0 Å². The maximum atomic E-state index is 11.6. The van der Waals surface area contributed by atoms with Crippen LogP contribution in [0.3, 0.4) is 0 Å². The summed E-state index contributed by atoms with van der Waals surface area (Å²) in [4.78, 5) is 32.0. The van der Waals surface area contributed by atoms with Crippen molar-refractivity contribution in [3.8, 4) is 5.75 Å². The summed E-state index contributed by atoms with van der Waals surface area (Å²) in [6.45, 7) is 1.41. The quantitative estimate of drug-likeness (QED) is 0.582. The molecule has 0 saturated carbocycles. The lowest BCUT2D eigenvalue weighted by Gasteiger charge is -2.07. The van der Waals surface area contributed by atoms with Crippen LogP contribution in [0.25, 0.3) is 0 Å². The molecule has 0 aromatic heterocycles. The zero-order chi connectivity index (χ0) is 14.4. The Hall–Kier alpha value is -2.64. The molecule has 1 aromatic rings. The lowest BCUT2D eigenvalue weighted by atomic mass is 10.1. The third kappa shape index (κ3) is 3.95. The second-order valence-electron chi connectivity index (χ2n) is 3.48. The fraction of sp³-hybridized carbons (Fsp3) is 0.273. The van der Waals surface area contributed by atoms with Gasteiger partial charge in [-0.15, -0.1) is 0 Å². The lowest BCUT2D eigenvalue weighted by Crippen LogP contribution is -2.22. The van der Waals surface area contributed by atoms with Gasteiger partial charge in [0.05, 0.1) is 4.92 Å². The maximum absolute atomic E-state index is 11.6. The fourth-order valence-corrected chi connectivity index (χ4v) is 1.32. The number of nitro benzene ring substituents is 1. The number of nitrogens with zero attached hydrogens (tertiary/aromatic N) is 1. The van der Waals surface area contributed by atoms with E-state index in [2.05, 4.69) is 5.32 Å². The number of carboxylic acid groups (broad SMARTS) is 1. The Labute approximate surface area is 108 Å². The fourth-order valence-electron chi connectivity index (χ4n) is 1.32. The Balaban J connectivity index is 3.06. The summed E-state index contributed by atoms with van der Waals surface area (Å²) in [5, 5.41) is 21.8. The van der Waals surface area contributed by atoms with Crippen molar-refractivity contribution in [3.05, 3.63) is 33.9 Å². The first-order valence-electron chi connectivity index (χ1n) is 5.37. The van der Waals surface area contributed by atoms with Crippen LogP contribution in [0, 0.1) is 10.1 Å². The molecule has 8 heteroatoms. The smallest absolute Gasteiger partial charge is 0.341 e. The van der Waals surface area contributed by atoms with Gasteiger partial charge in [0.15, 0.2) is 12.4 Å². The standard InChI is InChI=1S/C11H12N2O6/c1-2-12-11(16)7-3-4-8(13(17)18)9(5-7)19-6-10(14)15/h3-5H,2,6H2,1H3,(H,12,16)(H,14,15). The minimum atomic E-state index is -1.27. The van der Waals surface area contributed by atoms with Crippen molar-refractivity contribution in [1.29, 1.82) is 0 Å². The van der Waals surface area contributed by atoms with E-state index in [4.69, 9.17) is 9.84 Å². The Kier molecular flexibility index (Phi) is 4.81. The van der Waals surface area contributed by atoms with E-state index < -0.39 is 29.1 Å². The zero-order valence-corrected chi connectivity index (χ0v) is 10.1. The highest BCUT2D eigenvalue weighted by atomic mass is 16.6. The third-order valence-corrected chi connectivity index (χ3v) is 2.11. The molecule has 1 amide bonds.